The molecule has 1 aromatic heterocycles. The smallest absolute Gasteiger partial charge is 0.335 e. The van der Waals surface area contributed by atoms with Crippen LogP contribution < -0.4 is 0 Å². The molecule has 1 fully saturated rings. The second kappa shape index (κ2) is 6.52. The molecular formula is C21H23NO3. The minimum atomic E-state index is -0.893. The molecule has 0 amide bonds. The van der Waals surface area contributed by atoms with E-state index < -0.39 is 5.97 Å². The Morgan fingerprint density at radius 3 is 2.80 bits per heavy atom. The van der Waals surface area contributed by atoms with Gasteiger partial charge >= 0.3 is 5.97 Å². The fraction of sp³-hybridized carbons (Fsp3) is 0.381. The van der Waals surface area contributed by atoms with Gasteiger partial charge in [0.15, 0.2) is 0 Å². The highest BCUT2D eigenvalue weighted by atomic mass is 16.5. The van der Waals surface area contributed by atoms with Gasteiger partial charge in [-0.3, -0.25) is 0 Å². The summed E-state index contributed by atoms with van der Waals surface area (Å²) in [6, 6.07) is 7.27. The summed E-state index contributed by atoms with van der Waals surface area (Å²) in [7, 11) is 0. The second-order valence-electron chi connectivity index (χ2n) is 7.10. The summed E-state index contributed by atoms with van der Waals surface area (Å²) in [5.74, 6) is -0.893. The fourth-order valence-corrected chi connectivity index (χ4v) is 3.98. The number of ether oxygens (including phenoxy) is 1. The van der Waals surface area contributed by atoms with E-state index in [1.165, 1.54) is 12.8 Å². The Morgan fingerprint density at radius 1 is 1.24 bits per heavy atom. The van der Waals surface area contributed by atoms with E-state index >= 15 is 0 Å². The van der Waals surface area contributed by atoms with Crippen molar-refractivity contribution in [2.45, 2.75) is 50.4 Å². The third kappa shape index (κ3) is 3.27. The number of allylic oxidation sites excluding steroid dienone is 2. The van der Waals surface area contributed by atoms with Crippen molar-refractivity contribution in [3.05, 3.63) is 60.3 Å². The molecule has 1 aromatic carbocycles. The predicted molar refractivity (Wildman–Crippen MR) is 97.9 cm³/mol. The van der Waals surface area contributed by atoms with Gasteiger partial charge in [-0.25, -0.2) is 4.79 Å². The molecule has 0 spiro atoms. The molecule has 1 unspecified atom stereocenters. The molecule has 2 aliphatic rings. The topological polar surface area (TPSA) is 51.5 Å². The van der Waals surface area contributed by atoms with E-state index in [2.05, 4.69) is 28.9 Å². The molecule has 0 radical (unpaired) electrons. The Kier molecular flexibility index (Phi) is 4.22. The number of rotatable bonds is 5. The number of aromatic nitrogens is 1. The zero-order chi connectivity index (χ0) is 17.3. The molecule has 2 aliphatic carbocycles. The first kappa shape index (κ1) is 16.2. The van der Waals surface area contributed by atoms with Crippen LogP contribution in [0.1, 0.15) is 42.5 Å². The van der Waals surface area contributed by atoms with Crippen molar-refractivity contribution in [2.24, 2.45) is 0 Å². The fourth-order valence-electron chi connectivity index (χ4n) is 3.98. The van der Waals surface area contributed by atoms with Crippen molar-refractivity contribution in [3.8, 4) is 0 Å². The highest BCUT2D eigenvalue weighted by molar-refractivity contribution is 5.93. The van der Waals surface area contributed by atoms with Gasteiger partial charge in [0.1, 0.15) is 5.60 Å². The Labute approximate surface area is 147 Å². The Balaban J connectivity index is 1.63. The Hall–Kier alpha value is -2.33. The first-order valence-corrected chi connectivity index (χ1v) is 9.00. The van der Waals surface area contributed by atoms with Crippen LogP contribution in [0.4, 0.5) is 0 Å². The summed E-state index contributed by atoms with van der Waals surface area (Å²) in [6.07, 6.45) is 16.5. The molecule has 0 bridgehead atoms. The SMILES string of the molecule is O=C(O)c1ccc2c(ccn2CC2(OC3CCCC3)C=CC=CC2)c1. The van der Waals surface area contributed by atoms with E-state index in [0.29, 0.717) is 11.7 Å². The molecule has 4 rings (SSSR count). The van der Waals surface area contributed by atoms with Crippen LogP contribution in [0.15, 0.2) is 54.8 Å². The van der Waals surface area contributed by atoms with Crippen LogP contribution in [0.5, 0.6) is 0 Å². The van der Waals surface area contributed by atoms with Crippen LogP contribution in [0.3, 0.4) is 0 Å². The number of hydrogen-bond donors (Lipinski definition) is 1. The summed E-state index contributed by atoms with van der Waals surface area (Å²) in [4.78, 5) is 11.2. The van der Waals surface area contributed by atoms with Gasteiger partial charge < -0.3 is 14.4 Å². The van der Waals surface area contributed by atoms with Crippen molar-refractivity contribution in [1.29, 1.82) is 0 Å². The Morgan fingerprint density at radius 2 is 2.08 bits per heavy atom. The molecule has 130 valence electrons. The van der Waals surface area contributed by atoms with Crippen molar-refractivity contribution in [3.63, 3.8) is 0 Å². The van der Waals surface area contributed by atoms with Gasteiger partial charge in [-0.05, 0) is 37.1 Å². The van der Waals surface area contributed by atoms with Crippen LogP contribution in [-0.2, 0) is 11.3 Å². The van der Waals surface area contributed by atoms with E-state index in [0.717, 1.165) is 36.7 Å². The van der Waals surface area contributed by atoms with Gasteiger partial charge in [-0.15, -0.1) is 0 Å². The van der Waals surface area contributed by atoms with E-state index in [9.17, 15) is 4.79 Å². The van der Waals surface area contributed by atoms with Crippen molar-refractivity contribution in [1.82, 2.24) is 4.57 Å². The number of carboxylic acids is 1. The lowest BCUT2D eigenvalue weighted by Crippen LogP contribution is -2.38. The van der Waals surface area contributed by atoms with Gasteiger partial charge in [0.2, 0.25) is 0 Å². The molecule has 0 saturated heterocycles. The number of aromatic carboxylic acids is 1. The molecule has 4 heteroatoms. The zero-order valence-corrected chi connectivity index (χ0v) is 14.2. The molecule has 1 heterocycles. The van der Waals surface area contributed by atoms with Crippen LogP contribution in [0.2, 0.25) is 0 Å². The normalized spacial score (nSPS) is 23.5. The predicted octanol–water partition coefficient (Wildman–Crippen LogP) is 4.55. The van der Waals surface area contributed by atoms with Crippen LogP contribution in [0, 0.1) is 0 Å². The third-order valence-electron chi connectivity index (χ3n) is 5.27. The summed E-state index contributed by atoms with van der Waals surface area (Å²) in [5.41, 5.74) is 1.05. The summed E-state index contributed by atoms with van der Waals surface area (Å²) >= 11 is 0. The number of benzene rings is 1. The van der Waals surface area contributed by atoms with Crippen LogP contribution >= 0.6 is 0 Å². The molecule has 1 atom stereocenters. The first-order chi connectivity index (χ1) is 12.2. The van der Waals surface area contributed by atoms with Gasteiger partial charge in [-0.2, -0.15) is 0 Å². The van der Waals surface area contributed by atoms with Gasteiger partial charge in [-0.1, -0.05) is 37.1 Å². The molecule has 0 aliphatic heterocycles. The quantitative estimate of drug-likeness (QED) is 0.870. The largest absolute Gasteiger partial charge is 0.478 e. The highest BCUT2D eigenvalue weighted by Crippen LogP contribution is 2.33. The molecule has 25 heavy (non-hydrogen) atoms. The van der Waals surface area contributed by atoms with Crippen molar-refractivity contribution >= 4 is 16.9 Å². The van der Waals surface area contributed by atoms with Gasteiger partial charge in [0.05, 0.1) is 18.2 Å². The number of nitrogens with zero attached hydrogens (tertiary/aromatic N) is 1. The molecule has 2 aromatic rings. The van der Waals surface area contributed by atoms with E-state index in [-0.39, 0.29) is 5.60 Å². The average molecular weight is 337 g/mol. The number of carbonyl (C=O) groups is 1. The van der Waals surface area contributed by atoms with E-state index in [4.69, 9.17) is 9.84 Å². The standard InChI is InChI=1S/C21H23NO3/c23-20(24)17-8-9-19-16(14-17)10-13-22(19)15-21(11-4-1-5-12-21)25-18-6-2-3-7-18/h1,4-5,8-11,13-14,18H,2-3,6-7,12,15H2,(H,23,24). The molecule has 1 N–H and O–H groups in total. The average Bonchev–Trinajstić information content (AvgIpc) is 3.25. The molecular weight excluding hydrogens is 314 g/mol. The maximum Gasteiger partial charge on any atom is 0.335 e. The lowest BCUT2D eigenvalue weighted by atomic mass is 9.94. The van der Waals surface area contributed by atoms with Crippen LogP contribution in [0.25, 0.3) is 10.9 Å². The lowest BCUT2D eigenvalue weighted by Gasteiger charge is -2.35. The minimum absolute atomic E-state index is 0.318. The second-order valence-corrected chi connectivity index (χ2v) is 7.10. The Bertz CT molecular complexity index is 842. The monoisotopic (exact) mass is 337 g/mol. The molecule has 1 saturated carbocycles. The van der Waals surface area contributed by atoms with E-state index in [1.807, 2.05) is 18.3 Å². The minimum Gasteiger partial charge on any atom is -0.478 e. The molecule has 4 nitrogen and oxygen atoms in total. The van der Waals surface area contributed by atoms with Gasteiger partial charge in [0.25, 0.3) is 0 Å². The van der Waals surface area contributed by atoms with Gasteiger partial charge in [0, 0.05) is 23.5 Å². The number of hydrogen-bond acceptors (Lipinski definition) is 2. The number of fused-ring (bicyclic) bond motifs is 1. The van der Waals surface area contributed by atoms with Crippen molar-refractivity contribution < 1.29 is 14.6 Å². The number of carboxylic acid groups (broad SMARTS) is 1. The first-order valence-electron chi connectivity index (χ1n) is 9.00. The summed E-state index contributed by atoms with van der Waals surface area (Å²) in [5, 5.41) is 10.1. The zero-order valence-electron chi connectivity index (χ0n) is 14.2. The van der Waals surface area contributed by atoms with Crippen LogP contribution in [-0.4, -0.2) is 27.3 Å². The summed E-state index contributed by atoms with van der Waals surface area (Å²) in [6.45, 7) is 0.736. The maximum atomic E-state index is 11.2. The lowest BCUT2D eigenvalue weighted by molar-refractivity contribution is -0.0677. The highest BCUT2D eigenvalue weighted by Gasteiger charge is 2.33. The third-order valence-corrected chi connectivity index (χ3v) is 5.27. The van der Waals surface area contributed by atoms with Crippen molar-refractivity contribution in [2.75, 3.05) is 0 Å². The summed E-state index contributed by atoms with van der Waals surface area (Å²) < 4.78 is 8.75. The van der Waals surface area contributed by atoms with E-state index in [1.54, 1.807) is 12.1 Å². The maximum absolute atomic E-state index is 11.2.